The molecule has 0 aromatic carbocycles. The molecule has 1 aromatic rings. The molecule has 21 heavy (non-hydrogen) atoms. The molecule has 114 valence electrons. The molecule has 2 unspecified atom stereocenters. The van der Waals surface area contributed by atoms with E-state index >= 15 is 0 Å². The van der Waals surface area contributed by atoms with E-state index in [0.29, 0.717) is 23.8 Å². The summed E-state index contributed by atoms with van der Waals surface area (Å²) < 4.78 is 0. The van der Waals surface area contributed by atoms with E-state index in [1.165, 1.54) is 12.8 Å². The fraction of sp³-hybridized carbons (Fsp3) is 0.600. The van der Waals surface area contributed by atoms with Gasteiger partial charge in [-0.1, -0.05) is 0 Å². The zero-order valence-electron chi connectivity index (χ0n) is 12.3. The second kappa shape index (κ2) is 5.99. The van der Waals surface area contributed by atoms with Crippen LogP contribution in [0.1, 0.15) is 36.2 Å². The molecule has 2 amide bonds. The van der Waals surface area contributed by atoms with Crippen LogP contribution in [0, 0.1) is 0 Å². The number of likely N-dealkylation sites (N-methyl/N-ethyl adjacent to an activating group) is 1. The zero-order chi connectivity index (χ0) is 14.8. The Hall–Kier alpha value is -1.66. The first kappa shape index (κ1) is 14.3. The highest BCUT2D eigenvalue weighted by molar-refractivity contribution is 6.04. The highest BCUT2D eigenvalue weighted by Crippen LogP contribution is 2.29. The van der Waals surface area contributed by atoms with Crippen molar-refractivity contribution >= 4 is 11.8 Å². The van der Waals surface area contributed by atoms with E-state index in [9.17, 15) is 9.59 Å². The number of nitrogens with one attached hydrogen (secondary N) is 3. The standard InChI is InChI=1S/C15H22N4O2/c1-19(12-7-10-4-5-11(8-12)17-10)9-14(20)18-15(21)13-3-2-6-16-13/h2-3,6,10-12,16-17H,4-5,7-9H2,1H3,(H,18,20,21). The first-order valence-electron chi connectivity index (χ1n) is 7.55. The number of nitrogens with zero attached hydrogens (tertiary/aromatic N) is 1. The van der Waals surface area contributed by atoms with Gasteiger partial charge in [-0.05, 0) is 44.9 Å². The molecule has 3 heterocycles. The molecule has 1 aromatic heterocycles. The van der Waals surface area contributed by atoms with Crippen molar-refractivity contribution in [2.45, 2.75) is 43.8 Å². The number of hydrogen-bond acceptors (Lipinski definition) is 4. The molecule has 6 nitrogen and oxygen atoms in total. The number of carbonyl (C=O) groups is 2. The SMILES string of the molecule is CN(CC(=O)NC(=O)c1ccc[nH]1)C1CC2CCC(C1)N2. The van der Waals surface area contributed by atoms with Crippen LogP contribution in [0.15, 0.2) is 18.3 Å². The molecule has 0 aliphatic carbocycles. The molecule has 0 radical (unpaired) electrons. The van der Waals surface area contributed by atoms with E-state index in [-0.39, 0.29) is 18.4 Å². The maximum atomic E-state index is 12.0. The smallest absolute Gasteiger partial charge is 0.274 e. The summed E-state index contributed by atoms with van der Waals surface area (Å²) in [6.45, 7) is 0.260. The Morgan fingerprint density at radius 2 is 2.05 bits per heavy atom. The summed E-state index contributed by atoms with van der Waals surface area (Å²) in [7, 11) is 1.97. The molecular weight excluding hydrogens is 268 g/mol. The number of fused-ring (bicyclic) bond motifs is 2. The maximum Gasteiger partial charge on any atom is 0.274 e. The third kappa shape index (κ3) is 3.33. The number of H-pyrrole nitrogens is 1. The van der Waals surface area contributed by atoms with Gasteiger partial charge in [0.1, 0.15) is 5.69 Å². The molecule has 2 saturated heterocycles. The highest BCUT2D eigenvalue weighted by atomic mass is 16.2. The van der Waals surface area contributed by atoms with E-state index in [1.54, 1.807) is 18.3 Å². The number of aromatic nitrogens is 1. The van der Waals surface area contributed by atoms with Crippen LogP contribution in [0.4, 0.5) is 0 Å². The second-order valence-corrected chi connectivity index (χ2v) is 6.14. The van der Waals surface area contributed by atoms with Gasteiger partial charge < -0.3 is 10.3 Å². The number of hydrogen-bond donors (Lipinski definition) is 3. The minimum absolute atomic E-state index is 0.247. The van der Waals surface area contributed by atoms with Crippen LogP contribution in [0.3, 0.4) is 0 Å². The lowest BCUT2D eigenvalue weighted by molar-refractivity contribution is -0.121. The second-order valence-electron chi connectivity index (χ2n) is 6.14. The van der Waals surface area contributed by atoms with E-state index in [1.807, 2.05) is 7.05 Å². The van der Waals surface area contributed by atoms with Gasteiger partial charge in [-0.25, -0.2) is 0 Å². The third-order valence-corrected chi connectivity index (χ3v) is 4.56. The Morgan fingerprint density at radius 3 is 2.67 bits per heavy atom. The van der Waals surface area contributed by atoms with Crippen LogP contribution in [0.5, 0.6) is 0 Å². The Balaban J connectivity index is 1.49. The van der Waals surface area contributed by atoms with Gasteiger partial charge in [-0.3, -0.25) is 19.8 Å². The van der Waals surface area contributed by atoms with Crippen LogP contribution in [0.25, 0.3) is 0 Å². The summed E-state index contributed by atoms with van der Waals surface area (Å²) in [4.78, 5) is 28.6. The molecular formula is C15H22N4O2. The summed E-state index contributed by atoms with van der Waals surface area (Å²) in [6, 6.07) is 5.00. The first-order valence-corrected chi connectivity index (χ1v) is 7.55. The van der Waals surface area contributed by atoms with Gasteiger partial charge in [0, 0.05) is 24.3 Å². The first-order chi connectivity index (χ1) is 10.1. The van der Waals surface area contributed by atoms with Gasteiger partial charge in [0.05, 0.1) is 6.54 Å². The fourth-order valence-corrected chi connectivity index (χ4v) is 3.45. The minimum Gasteiger partial charge on any atom is -0.357 e. The normalized spacial score (nSPS) is 27.8. The van der Waals surface area contributed by atoms with Crippen molar-refractivity contribution in [3.63, 3.8) is 0 Å². The number of imide groups is 1. The number of rotatable bonds is 4. The van der Waals surface area contributed by atoms with E-state index in [2.05, 4.69) is 20.5 Å². The summed E-state index contributed by atoms with van der Waals surface area (Å²) in [5.41, 5.74) is 0.408. The average molecular weight is 290 g/mol. The molecule has 2 atom stereocenters. The van der Waals surface area contributed by atoms with Crippen LogP contribution in [0.2, 0.25) is 0 Å². The minimum atomic E-state index is -0.371. The Morgan fingerprint density at radius 1 is 1.33 bits per heavy atom. The predicted molar refractivity (Wildman–Crippen MR) is 78.9 cm³/mol. The number of piperidine rings is 1. The van der Waals surface area contributed by atoms with Crippen LogP contribution >= 0.6 is 0 Å². The summed E-state index contributed by atoms with van der Waals surface area (Å²) in [5.74, 6) is -0.619. The van der Waals surface area contributed by atoms with Crippen LogP contribution in [-0.2, 0) is 4.79 Å². The number of amides is 2. The van der Waals surface area contributed by atoms with Crippen molar-refractivity contribution < 1.29 is 9.59 Å². The van der Waals surface area contributed by atoms with Gasteiger partial charge in [0.2, 0.25) is 5.91 Å². The van der Waals surface area contributed by atoms with Crippen molar-refractivity contribution in [2.24, 2.45) is 0 Å². The topological polar surface area (TPSA) is 77.2 Å². The highest BCUT2D eigenvalue weighted by Gasteiger charge is 2.35. The quantitative estimate of drug-likeness (QED) is 0.754. The lowest BCUT2D eigenvalue weighted by Gasteiger charge is -2.35. The average Bonchev–Trinajstić information content (AvgIpc) is 3.08. The van der Waals surface area contributed by atoms with E-state index in [0.717, 1.165) is 12.8 Å². The zero-order valence-corrected chi connectivity index (χ0v) is 12.3. The Labute approximate surface area is 124 Å². The van der Waals surface area contributed by atoms with Gasteiger partial charge in [0.25, 0.3) is 5.91 Å². The lowest BCUT2D eigenvalue weighted by atomic mass is 9.98. The van der Waals surface area contributed by atoms with E-state index in [4.69, 9.17) is 0 Å². The van der Waals surface area contributed by atoms with Crippen LogP contribution in [-0.4, -0.2) is 53.4 Å². The molecule has 2 aliphatic rings. The molecule has 0 spiro atoms. The molecule has 0 saturated carbocycles. The van der Waals surface area contributed by atoms with Crippen molar-refractivity contribution in [1.82, 2.24) is 20.5 Å². The van der Waals surface area contributed by atoms with Crippen molar-refractivity contribution in [3.05, 3.63) is 24.0 Å². The van der Waals surface area contributed by atoms with Crippen molar-refractivity contribution in [2.75, 3.05) is 13.6 Å². The predicted octanol–water partition coefficient (Wildman–Crippen LogP) is 0.486. The van der Waals surface area contributed by atoms with Crippen molar-refractivity contribution in [1.29, 1.82) is 0 Å². The van der Waals surface area contributed by atoms with Crippen molar-refractivity contribution in [3.8, 4) is 0 Å². The molecule has 2 aliphatic heterocycles. The number of carbonyl (C=O) groups excluding carboxylic acids is 2. The summed E-state index contributed by atoms with van der Waals surface area (Å²) in [5, 5.41) is 6.02. The fourth-order valence-electron chi connectivity index (χ4n) is 3.45. The molecule has 2 bridgehead atoms. The van der Waals surface area contributed by atoms with E-state index < -0.39 is 0 Å². The summed E-state index contributed by atoms with van der Waals surface area (Å²) in [6.07, 6.45) is 6.32. The Kier molecular flexibility index (Phi) is 4.07. The monoisotopic (exact) mass is 290 g/mol. The molecule has 6 heteroatoms. The van der Waals surface area contributed by atoms with Crippen LogP contribution < -0.4 is 10.6 Å². The third-order valence-electron chi connectivity index (χ3n) is 4.56. The van der Waals surface area contributed by atoms with Gasteiger partial charge in [-0.15, -0.1) is 0 Å². The number of aromatic amines is 1. The molecule has 3 rings (SSSR count). The maximum absolute atomic E-state index is 12.0. The molecule has 2 fully saturated rings. The van der Waals surface area contributed by atoms with Gasteiger partial charge in [0.15, 0.2) is 0 Å². The Bertz CT molecular complexity index is 502. The van der Waals surface area contributed by atoms with Gasteiger partial charge >= 0.3 is 0 Å². The lowest BCUT2D eigenvalue weighted by Crippen LogP contribution is -2.49. The van der Waals surface area contributed by atoms with Gasteiger partial charge in [-0.2, -0.15) is 0 Å². The molecule has 3 N–H and O–H groups in total. The largest absolute Gasteiger partial charge is 0.357 e. The summed E-state index contributed by atoms with van der Waals surface area (Å²) >= 11 is 0.